The lowest BCUT2D eigenvalue weighted by Crippen LogP contribution is -2.30. The van der Waals surface area contributed by atoms with E-state index in [9.17, 15) is 14.4 Å². The summed E-state index contributed by atoms with van der Waals surface area (Å²) >= 11 is 0. The van der Waals surface area contributed by atoms with Gasteiger partial charge in [0, 0.05) is 19.3 Å². The maximum Gasteiger partial charge on any atom is 0.306 e. The molecule has 0 saturated heterocycles. The molecule has 1 unspecified atom stereocenters. The quantitative estimate of drug-likeness (QED) is 0.0261. The van der Waals surface area contributed by atoms with Crippen LogP contribution in [-0.4, -0.2) is 37.2 Å². The van der Waals surface area contributed by atoms with Crippen LogP contribution in [0.5, 0.6) is 0 Å². The van der Waals surface area contributed by atoms with Gasteiger partial charge in [-0.3, -0.25) is 14.4 Å². The first-order valence-electron chi connectivity index (χ1n) is 32.2. The smallest absolute Gasteiger partial charge is 0.306 e. The normalized spacial score (nSPS) is 13.6. The molecule has 0 aromatic heterocycles. The van der Waals surface area contributed by atoms with E-state index in [4.69, 9.17) is 14.2 Å². The lowest BCUT2D eigenvalue weighted by atomic mass is 10.1. The van der Waals surface area contributed by atoms with Gasteiger partial charge in [0.25, 0.3) is 0 Å². The van der Waals surface area contributed by atoms with Gasteiger partial charge in [0.1, 0.15) is 13.2 Å². The molecule has 6 heteroatoms. The van der Waals surface area contributed by atoms with Crippen molar-refractivity contribution in [3.05, 3.63) is 219 Å². The number of allylic oxidation sites excluding steroid dienone is 36. The van der Waals surface area contributed by atoms with Crippen LogP contribution in [0.4, 0.5) is 0 Å². The van der Waals surface area contributed by atoms with Crippen molar-refractivity contribution in [3.63, 3.8) is 0 Å². The van der Waals surface area contributed by atoms with E-state index >= 15 is 0 Å². The Morgan fingerprint density at radius 2 is 0.446 bits per heavy atom. The first-order valence-corrected chi connectivity index (χ1v) is 32.2. The standard InChI is InChI=1S/C77H114O6/c1-4-7-10-13-16-19-22-25-28-31-33-34-35-36-37-38-39-40-41-42-44-46-49-52-55-58-61-64-67-70-76(79)82-73-74(72-81-75(78)69-66-63-60-57-54-51-48-45-30-27-24-21-18-15-12-9-6-3)83-77(80)71-68-65-62-59-56-53-50-47-43-32-29-26-23-20-17-14-11-8-5-2/h7-12,16-21,25-30,33-34,36-37,39-40,42-44,47-49,51-53,56,58,61,74H,4-6,13-15,22-24,31-32,35,38,41,45-46,50,54-55,57,59-60,62-73H2,1-3H3/b10-7-,11-8-,12-9-,19-16-,20-17-,21-18-,28-25-,29-26-,30-27-,34-33-,37-36-,40-39-,44-42-,47-43-,51-48-,52-49-,56-53-,61-58-. The maximum absolute atomic E-state index is 12.9. The van der Waals surface area contributed by atoms with Crippen molar-refractivity contribution in [2.45, 2.75) is 232 Å². The molecule has 0 amide bonds. The highest BCUT2D eigenvalue weighted by Gasteiger charge is 2.19. The summed E-state index contributed by atoms with van der Waals surface area (Å²) in [5, 5.41) is 0. The SMILES string of the molecule is CC/C=C\C/C=C\C/C=C\C/C=C\C/C=C\C/C=C\C/C=C\C/C=C\C/C=C\CCCC(=O)OCC(COC(=O)CCCCCC/C=C\C/C=C\C/C=C\C/C=C\CC)OC(=O)CCCCC/C=C\C/C=C\C/C=C\C/C=C\C/C=C\CC. The molecule has 0 aromatic carbocycles. The maximum atomic E-state index is 12.9. The average molecular weight is 1140 g/mol. The number of esters is 3. The summed E-state index contributed by atoms with van der Waals surface area (Å²) in [7, 11) is 0. The van der Waals surface area contributed by atoms with Crippen molar-refractivity contribution < 1.29 is 28.6 Å². The second-order valence-electron chi connectivity index (χ2n) is 20.2. The molecule has 6 nitrogen and oxygen atoms in total. The fourth-order valence-electron chi connectivity index (χ4n) is 7.75. The fraction of sp³-hybridized carbons (Fsp3) is 0.494. The predicted molar refractivity (Wildman–Crippen MR) is 361 cm³/mol. The molecule has 83 heavy (non-hydrogen) atoms. The van der Waals surface area contributed by atoms with Gasteiger partial charge in [0.15, 0.2) is 6.10 Å². The van der Waals surface area contributed by atoms with E-state index in [0.717, 1.165) is 173 Å². The molecule has 0 aliphatic carbocycles. The van der Waals surface area contributed by atoms with Gasteiger partial charge in [-0.2, -0.15) is 0 Å². The van der Waals surface area contributed by atoms with E-state index < -0.39 is 6.10 Å². The van der Waals surface area contributed by atoms with Crippen LogP contribution in [-0.2, 0) is 28.6 Å². The van der Waals surface area contributed by atoms with Crippen molar-refractivity contribution in [2.75, 3.05) is 13.2 Å². The molecule has 458 valence electrons. The van der Waals surface area contributed by atoms with E-state index in [1.165, 1.54) is 0 Å². The lowest BCUT2D eigenvalue weighted by molar-refractivity contribution is -0.167. The van der Waals surface area contributed by atoms with Crippen molar-refractivity contribution in [1.82, 2.24) is 0 Å². The number of hydrogen-bond donors (Lipinski definition) is 0. The zero-order valence-corrected chi connectivity index (χ0v) is 52.4. The molecule has 0 aliphatic heterocycles. The zero-order valence-electron chi connectivity index (χ0n) is 52.4. The minimum atomic E-state index is -0.846. The van der Waals surface area contributed by atoms with E-state index in [0.29, 0.717) is 19.3 Å². The summed E-state index contributed by atoms with van der Waals surface area (Å²) in [6.07, 6.45) is 107. The number of carbonyl (C=O) groups excluding carboxylic acids is 3. The second-order valence-corrected chi connectivity index (χ2v) is 20.2. The summed E-state index contributed by atoms with van der Waals surface area (Å²) < 4.78 is 16.8. The van der Waals surface area contributed by atoms with Crippen molar-refractivity contribution in [2.24, 2.45) is 0 Å². The van der Waals surface area contributed by atoms with Gasteiger partial charge in [-0.25, -0.2) is 0 Å². The summed E-state index contributed by atoms with van der Waals surface area (Å²) in [5.41, 5.74) is 0. The molecule has 0 N–H and O–H groups in total. The van der Waals surface area contributed by atoms with Gasteiger partial charge in [0.05, 0.1) is 0 Å². The van der Waals surface area contributed by atoms with Crippen LogP contribution < -0.4 is 0 Å². The Morgan fingerprint density at radius 3 is 0.723 bits per heavy atom. The monoisotopic (exact) mass is 1130 g/mol. The van der Waals surface area contributed by atoms with Gasteiger partial charge in [0.2, 0.25) is 0 Å². The van der Waals surface area contributed by atoms with Crippen LogP contribution in [0.2, 0.25) is 0 Å². The van der Waals surface area contributed by atoms with Gasteiger partial charge in [-0.15, -0.1) is 0 Å². The molecule has 0 radical (unpaired) electrons. The Bertz CT molecular complexity index is 2080. The predicted octanol–water partition coefficient (Wildman–Crippen LogP) is 22.5. The van der Waals surface area contributed by atoms with Crippen LogP contribution in [0.1, 0.15) is 226 Å². The molecule has 0 bridgehead atoms. The second kappa shape index (κ2) is 68.2. The summed E-state index contributed by atoms with van der Waals surface area (Å²) in [6.45, 7) is 6.18. The largest absolute Gasteiger partial charge is 0.462 e. The molecule has 0 saturated carbocycles. The van der Waals surface area contributed by atoms with Crippen molar-refractivity contribution >= 4 is 17.9 Å². The van der Waals surface area contributed by atoms with Crippen molar-refractivity contribution in [3.8, 4) is 0 Å². The van der Waals surface area contributed by atoms with E-state index in [-0.39, 0.29) is 44.0 Å². The van der Waals surface area contributed by atoms with Crippen LogP contribution >= 0.6 is 0 Å². The minimum absolute atomic E-state index is 0.136. The lowest BCUT2D eigenvalue weighted by Gasteiger charge is -2.18. The number of ether oxygens (including phenoxy) is 3. The molecular weight excluding hydrogens is 1020 g/mol. The highest BCUT2D eigenvalue weighted by Crippen LogP contribution is 2.11. The van der Waals surface area contributed by atoms with Crippen LogP contribution in [0, 0.1) is 0 Å². The van der Waals surface area contributed by atoms with E-state index in [1.807, 2.05) is 0 Å². The number of rotatable bonds is 55. The molecule has 0 rings (SSSR count). The Balaban J connectivity index is 4.60. The fourth-order valence-corrected chi connectivity index (χ4v) is 7.75. The number of carbonyl (C=O) groups is 3. The minimum Gasteiger partial charge on any atom is -0.462 e. The van der Waals surface area contributed by atoms with Crippen LogP contribution in [0.3, 0.4) is 0 Å². The highest BCUT2D eigenvalue weighted by molar-refractivity contribution is 5.71. The van der Waals surface area contributed by atoms with Gasteiger partial charge < -0.3 is 14.2 Å². The number of hydrogen-bond acceptors (Lipinski definition) is 6. The third-order valence-corrected chi connectivity index (χ3v) is 12.5. The first kappa shape index (κ1) is 76.7. The van der Waals surface area contributed by atoms with Crippen LogP contribution in [0.25, 0.3) is 0 Å². The van der Waals surface area contributed by atoms with Gasteiger partial charge >= 0.3 is 17.9 Å². The molecule has 0 heterocycles. The Kier molecular flexibility index (Phi) is 63.1. The third-order valence-electron chi connectivity index (χ3n) is 12.5. The Hall–Kier alpha value is -6.27. The molecule has 0 aliphatic rings. The first-order chi connectivity index (χ1) is 41.0. The summed E-state index contributed by atoms with van der Waals surface area (Å²) in [5.74, 6) is -1.07. The zero-order chi connectivity index (χ0) is 59.9. The van der Waals surface area contributed by atoms with Crippen molar-refractivity contribution in [1.29, 1.82) is 0 Å². The number of unbranched alkanes of at least 4 members (excludes halogenated alkanes) is 8. The van der Waals surface area contributed by atoms with E-state index in [1.54, 1.807) is 0 Å². The molecule has 0 fully saturated rings. The van der Waals surface area contributed by atoms with E-state index in [2.05, 4.69) is 240 Å². The summed E-state index contributed by atoms with van der Waals surface area (Å²) in [4.78, 5) is 38.3. The molecular formula is C77H114O6. The van der Waals surface area contributed by atoms with Gasteiger partial charge in [-0.05, 0) is 167 Å². The van der Waals surface area contributed by atoms with Gasteiger partial charge in [-0.1, -0.05) is 259 Å². The molecule has 0 aromatic rings. The molecule has 0 spiro atoms. The Morgan fingerprint density at radius 1 is 0.241 bits per heavy atom. The average Bonchev–Trinajstić information content (AvgIpc) is 3.49. The van der Waals surface area contributed by atoms with Crippen LogP contribution in [0.15, 0.2) is 219 Å². The Labute approximate surface area is 508 Å². The third kappa shape index (κ3) is 66.4. The molecule has 1 atom stereocenters. The highest BCUT2D eigenvalue weighted by atomic mass is 16.6. The summed E-state index contributed by atoms with van der Waals surface area (Å²) in [6, 6.07) is 0. The topological polar surface area (TPSA) is 78.9 Å².